The minimum atomic E-state index is -0.475. The number of imidazole rings is 1. The van der Waals surface area contributed by atoms with Crippen molar-refractivity contribution in [2.45, 2.75) is 17.1 Å². The summed E-state index contributed by atoms with van der Waals surface area (Å²) in [5.74, 6) is -0.585. The Hall–Kier alpha value is -3.24. The molecule has 2 N–H and O–H groups in total. The third-order valence-corrected chi connectivity index (χ3v) is 4.86. The second-order valence-electron chi connectivity index (χ2n) is 5.72. The van der Waals surface area contributed by atoms with Crippen LogP contribution in [0.3, 0.4) is 0 Å². The van der Waals surface area contributed by atoms with Gasteiger partial charge in [-0.05, 0) is 31.2 Å². The molecule has 3 rings (SSSR count). The monoisotopic (exact) mass is 379 g/mol. The summed E-state index contributed by atoms with van der Waals surface area (Å²) >= 11 is 1.36. The lowest BCUT2D eigenvalue weighted by molar-refractivity contribution is -0.142. The maximum absolute atomic E-state index is 12.2. The van der Waals surface area contributed by atoms with Gasteiger partial charge in [0.15, 0.2) is 11.6 Å². The number of carbonyl (C=O) groups is 1. The molecule has 3 aromatic rings. The lowest BCUT2D eigenvalue weighted by atomic mass is 10.2. The summed E-state index contributed by atoms with van der Waals surface area (Å²) in [5.41, 5.74) is 1.37. The number of para-hydroxylation sites is 2. The summed E-state index contributed by atoms with van der Waals surface area (Å²) in [6, 6.07) is 18.7. The van der Waals surface area contributed by atoms with Crippen molar-refractivity contribution in [3.8, 4) is 6.07 Å². The zero-order chi connectivity index (χ0) is 19.2. The van der Waals surface area contributed by atoms with Crippen molar-refractivity contribution in [1.29, 1.82) is 5.26 Å². The van der Waals surface area contributed by atoms with Crippen molar-refractivity contribution in [3.63, 3.8) is 0 Å². The molecule has 0 spiro atoms. The Kier molecular flexibility index (Phi) is 5.79. The van der Waals surface area contributed by atoms with Crippen LogP contribution >= 0.6 is 11.8 Å². The van der Waals surface area contributed by atoms with E-state index in [1.54, 1.807) is 13.0 Å². The molecule has 0 fully saturated rings. The first-order valence-corrected chi connectivity index (χ1v) is 9.12. The van der Waals surface area contributed by atoms with E-state index >= 15 is 0 Å². The molecule has 0 aliphatic heterocycles. The van der Waals surface area contributed by atoms with E-state index in [4.69, 9.17) is 4.74 Å². The van der Waals surface area contributed by atoms with Gasteiger partial charge in [-0.15, -0.1) is 11.8 Å². The molecule has 0 unspecified atom stereocenters. The number of nitrogens with zero attached hydrogens (tertiary/aromatic N) is 2. The van der Waals surface area contributed by atoms with Gasteiger partial charge >= 0.3 is 5.97 Å². The van der Waals surface area contributed by atoms with Crippen LogP contribution < -0.4 is 0 Å². The van der Waals surface area contributed by atoms with Crippen LogP contribution in [-0.2, 0) is 9.53 Å². The minimum Gasteiger partial charge on any atom is -0.507 e. The summed E-state index contributed by atoms with van der Waals surface area (Å²) in [4.78, 5) is 20.4. The Morgan fingerprint density at radius 3 is 2.67 bits per heavy atom. The number of aliphatic hydroxyl groups excluding tert-OH is 1. The molecule has 0 amide bonds. The molecule has 7 heteroatoms. The minimum absolute atomic E-state index is 0.0534. The number of H-pyrrole nitrogens is 1. The maximum Gasteiger partial charge on any atom is 0.319 e. The molecule has 0 aliphatic rings. The van der Waals surface area contributed by atoms with E-state index in [0.29, 0.717) is 5.52 Å². The smallest absolute Gasteiger partial charge is 0.319 e. The molecular weight excluding hydrogens is 362 g/mol. The maximum atomic E-state index is 12.2. The highest BCUT2D eigenvalue weighted by atomic mass is 32.2. The van der Waals surface area contributed by atoms with Crippen LogP contribution in [0.2, 0.25) is 0 Å². The van der Waals surface area contributed by atoms with E-state index in [0.717, 1.165) is 10.4 Å². The first-order chi connectivity index (χ1) is 13.1. The first-order valence-electron chi connectivity index (χ1n) is 8.24. The number of fused-ring (bicyclic) bond motifs is 1. The molecule has 0 saturated heterocycles. The second kappa shape index (κ2) is 8.43. The van der Waals surface area contributed by atoms with Gasteiger partial charge in [-0.1, -0.05) is 30.3 Å². The normalized spacial score (nSPS) is 12.9. The highest BCUT2D eigenvalue weighted by molar-refractivity contribution is 8.00. The topological polar surface area (TPSA) is 99.0 Å². The van der Waals surface area contributed by atoms with Crippen LogP contribution in [0.25, 0.3) is 16.6 Å². The number of allylic oxidation sites excluding steroid dienone is 1. The fourth-order valence-electron chi connectivity index (χ4n) is 2.41. The van der Waals surface area contributed by atoms with E-state index in [2.05, 4.69) is 9.97 Å². The Bertz CT molecular complexity index is 989. The zero-order valence-corrected chi connectivity index (χ0v) is 15.4. The van der Waals surface area contributed by atoms with Crippen LogP contribution in [0, 0.1) is 11.3 Å². The molecule has 0 radical (unpaired) electrons. The van der Waals surface area contributed by atoms with Crippen molar-refractivity contribution >= 4 is 34.3 Å². The molecule has 2 aromatic carbocycles. The Morgan fingerprint density at radius 1 is 1.26 bits per heavy atom. The van der Waals surface area contributed by atoms with E-state index < -0.39 is 17.8 Å². The van der Waals surface area contributed by atoms with Crippen molar-refractivity contribution in [2.75, 3.05) is 6.61 Å². The highest BCUT2D eigenvalue weighted by Gasteiger charge is 2.19. The third-order valence-electron chi connectivity index (χ3n) is 3.77. The van der Waals surface area contributed by atoms with Crippen molar-refractivity contribution in [3.05, 3.63) is 66.2 Å². The number of aromatic amines is 1. The van der Waals surface area contributed by atoms with Gasteiger partial charge in [0.05, 0.1) is 11.0 Å². The summed E-state index contributed by atoms with van der Waals surface area (Å²) in [5, 5.41) is 19.1. The summed E-state index contributed by atoms with van der Waals surface area (Å²) in [7, 11) is 0. The van der Waals surface area contributed by atoms with Gasteiger partial charge in [-0.25, -0.2) is 4.98 Å². The molecule has 0 bridgehead atoms. The van der Waals surface area contributed by atoms with Gasteiger partial charge in [0, 0.05) is 4.90 Å². The van der Waals surface area contributed by atoms with Crippen LogP contribution in [0.4, 0.5) is 0 Å². The van der Waals surface area contributed by atoms with Gasteiger partial charge in [0.2, 0.25) is 0 Å². The van der Waals surface area contributed by atoms with Gasteiger partial charge in [-0.2, -0.15) is 5.26 Å². The summed E-state index contributed by atoms with van der Waals surface area (Å²) in [6.45, 7) is 1.34. The number of aliphatic hydroxyl groups is 1. The zero-order valence-electron chi connectivity index (χ0n) is 14.5. The number of rotatable bonds is 6. The van der Waals surface area contributed by atoms with Gasteiger partial charge in [0.25, 0.3) is 0 Å². The van der Waals surface area contributed by atoms with Gasteiger partial charge in [-0.3, -0.25) is 4.79 Å². The number of nitrogens with one attached hydrogen (secondary N) is 1. The summed E-state index contributed by atoms with van der Waals surface area (Å²) in [6.07, 6.45) is 0. The Morgan fingerprint density at radius 2 is 1.96 bits per heavy atom. The van der Waals surface area contributed by atoms with E-state index in [-0.39, 0.29) is 17.2 Å². The number of hydrogen-bond acceptors (Lipinski definition) is 6. The van der Waals surface area contributed by atoms with Crippen molar-refractivity contribution in [2.24, 2.45) is 0 Å². The number of ether oxygens (including phenoxy) is 1. The molecule has 1 aromatic heterocycles. The predicted octanol–water partition coefficient (Wildman–Crippen LogP) is 4.08. The number of benzene rings is 2. The van der Waals surface area contributed by atoms with E-state index in [1.165, 1.54) is 11.8 Å². The SMILES string of the molecule is C[C@@H](Sc1ccccc1)C(=O)OC/C(O)=C(\C#N)c1nc2ccccc2[nH]1. The Labute approximate surface area is 160 Å². The number of aromatic nitrogens is 2. The Balaban J connectivity index is 1.67. The average molecular weight is 379 g/mol. The van der Waals surface area contributed by atoms with Crippen LogP contribution in [0.5, 0.6) is 0 Å². The van der Waals surface area contributed by atoms with E-state index in [1.807, 2.05) is 54.6 Å². The molecule has 0 saturated carbocycles. The predicted molar refractivity (Wildman–Crippen MR) is 104 cm³/mol. The number of hydrogen-bond donors (Lipinski definition) is 2. The van der Waals surface area contributed by atoms with Crippen molar-refractivity contribution < 1.29 is 14.6 Å². The van der Waals surface area contributed by atoms with Crippen molar-refractivity contribution in [1.82, 2.24) is 9.97 Å². The molecule has 27 heavy (non-hydrogen) atoms. The number of esters is 1. The number of nitriles is 1. The molecular formula is C20H17N3O3S. The molecule has 1 heterocycles. The van der Waals surface area contributed by atoms with Crippen LogP contribution in [0.15, 0.2) is 65.3 Å². The number of thioether (sulfide) groups is 1. The quantitative estimate of drug-likeness (QED) is 0.290. The first kappa shape index (κ1) is 18.5. The van der Waals surface area contributed by atoms with E-state index in [9.17, 15) is 15.2 Å². The van der Waals surface area contributed by atoms with Crippen LogP contribution in [0.1, 0.15) is 12.7 Å². The second-order valence-corrected chi connectivity index (χ2v) is 7.13. The lowest BCUT2D eigenvalue weighted by Crippen LogP contribution is -2.18. The molecule has 136 valence electrons. The summed E-state index contributed by atoms with van der Waals surface area (Å²) < 4.78 is 5.16. The molecule has 6 nitrogen and oxygen atoms in total. The molecule has 1 atom stereocenters. The van der Waals surface area contributed by atoms with Crippen LogP contribution in [-0.4, -0.2) is 32.9 Å². The third kappa shape index (κ3) is 4.49. The number of carbonyl (C=O) groups excluding carboxylic acids is 1. The lowest BCUT2D eigenvalue weighted by Gasteiger charge is -2.11. The average Bonchev–Trinajstić information content (AvgIpc) is 3.11. The molecule has 0 aliphatic carbocycles. The standard InChI is InChI=1S/C20H17N3O3S/c1-13(27-14-7-3-2-4-8-14)20(25)26-12-18(24)15(11-21)19-22-16-9-5-6-10-17(16)23-19/h2-10,13,24H,12H2,1H3,(H,22,23)/b18-15-/t13-/m1/s1. The highest BCUT2D eigenvalue weighted by Crippen LogP contribution is 2.24. The fourth-order valence-corrected chi connectivity index (χ4v) is 3.29. The largest absolute Gasteiger partial charge is 0.507 e. The fraction of sp³-hybridized carbons (Fsp3) is 0.150. The van der Waals surface area contributed by atoms with Gasteiger partial charge in [0.1, 0.15) is 23.5 Å². The van der Waals surface area contributed by atoms with Gasteiger partial charge < -0.3 is 14.8 Å².